The molecule has 0 spiro atoms. The summed E-state index contributed by atoms with van der Waals surface area (Å²) in [6.07, 6.45) is 5.35. The maximum atomic E-state index is 10.9. The molecule has 0 aromatic rings. The Morgan fingerprint density at radius 1 is 1.73 bits per heavy atom. The van der Waals surface area contributed by atoms with Crippen LogP contribution in [0.5, 0.6) is 0 Å². The lowest BCUT2D eigenvalue weighted by Crippen LogP contribution is -2.27. The lowest BCUT2D eigenvalue weighted by molar-refractivity contribution is 0.143. The highest BCUT2D eigenvalue weighted by atomic mass is 16.5. The molecule has 0 saturated heterocycles. The van der Waals surface area contributed by atoms with E-state index in [4.69, 9.17) is 0 Å². The molecule has 3 heteroatoms. The van der Waals surface area contributed by atoms with Gasteiger partial charge in [0.1, 0.15) is 0 Å². The molecule has 0 unspecified atom stereocenters. The number of ether oxygens (including phenoxy) is 1. The van der Waals surface area contributed by atoms with Crippen molar-refractivity contribution in [3.8, 4) is 0 Å². The lowest BCUT2D eigenvalue weighted by Gasteiger charge is -2.18. The molecule has 1 aliphatic heterocycles. The van der Waals surface area contributed by atoms with Crippen LogP contribution in [-0.2, 0) is 4.74 Å². The van der Waals surface area contributed by atoms with Crippen LogP contribution in [0.15, 0.2) is 23.9 Å². The first-order valence-electron chi connectivity index (χ1n) is 3.43. The average molecular weight is 153 g/mol. The van der Waals surface area contributed by atoms with Gasteiger partial charge >= 0.3 is 6.09 Å². The molecule has 0 N–H and O–H groups in total. The van der Waals surface area contributed by atoms with Crippen LogP contribution in [-0.4, -0.2) is 24.6 Å². The summed E-state index contributed by atoms with van der Waals surface area (Å²) in [4.78, 5) is 12.5. The van der Waals surface area contributed by atoms with Crippen LogP contribution in [0.25, 0.3) is 0 Å². The molecular formula is C8H11NO2. The van der Waals surface area contributed by atoms with Gasteiger partial charge in [0.05, 0.1) is 7.11 Å². The van der Waals surface area contributed by atoms with E-state index in [0.29, 0.717) is 6.54 Å². The Morgan fingerprint density at radius 2 is 2.45 bits per heavy atom. The van der Waals surface area contributed by atoms with Gasteiger partial charge in [-0.05, 0) is 12.5 Å². The third-order valence-corrected chi connectivity index (χ3v) is 1.45. The third-order valence-electron chi connectivity index (χ3n) is 1.45. The Hall–Kier alpha value is -1.25. The molecule has 3 nitrogen and oxygen atoms in total. The Balaban J connectivity index is 2.63. The van der Waals surface area contributed by atoms with Crippen molar-refractivity contribution in [2.45, 2.75) is 6.92 Å². The van der Waals surface area contributed by atoms with Crippen LogP contribution < -0.4 is 0 Å². The molecule has 11 heavy (non-hydrogen) atoms. The van der Waals surface area contributed by atoms with Crippen molar-refractivity contribution in [1.29, 1.82) is 0 Å². The van der Waals surface area contributed by atoms with E-state index in [2.05, 4.69) is 4.74 Å². The van der Waals surface area contributed by atoms with Crippen LogP contribution in [0.3, 0.4) is 0 Å². The van der Waals surface area contributed by atoms with Crippen LogP contribution in [0.4, 0.5) is 4.79 Å². The molecule has 1 amide bonds. The zero-order chi connectivity index (χ0) is 8.27. The largest absolute Gasteiger partial charge is 0.452 e. The van der Waals surface area contributed by atoms with E-state index in [1.54, 1.807) is 6.20 Å². The number of rotatable bonds is 0. The van der Waals surface area contributed by atoms with Gasteiger partial charge < -0.3 is 4.74 Å². The zero-order valence-corrected chi connectivity index (χ0v) is 6.70. The van der Waals surface area contributed by atoms with Crippen molar-refractivity contribution < 1.29 is 9.53 Å². The normalized spacial score (nSPS) is 16.2. The highest BCUT2D eigenvalue weighted by molar-refractivity contribution is 5.69. The average Bonchev–Trinajstić information content (AvgIpc) is 2.03. The smallest absolute Gasteiger partial charge is 0.413 e. The molecule has 0 aliphatic carbocycles. The van der Waals surface area contributed by atoms with Crippen molar-refractivity contribution in [3.63, 3.8) is 0 Å². The highest BCUT2D eigenvalue weighted by Gasteiger charge is 2.10. The van der Waals surface area contributed by atoms with E-state index in [1.807, 2.05) is 19.1 Å². The standard InChI is InChI=1S/C8H11NO2/c1-7-4-3-5-9(6-7)8(10)11-2/h3-4,6H,5H2,1-2H3. The summed E-state index contributed by atoms with van der Waals surface area (Å²) >= 11 is 0. The van der Waals surface area contributed by atoms with Crippen LogP contribution >= 0.6 is 0 Å². The second-order valence-electron chi connectivity index (χ2n) is 2.40. The van der Waals surface area contributed by atoms with Crippen LogP contribution in [0.1, 0.15) is 6.92 Å². The minimum absolute atomic E-state index is 0.311. The van der Waals surface area contributed by atoms with Gasteiger partial charge in [-0.1, -0.05) is 12.2 Å². The summed E-state index contributed by atoms with van der Waals surface area (Å²) in [7, 11) is 1.38. The number of carbonyl (C=O) groups excluding carboxylic acids is 1. The van der Waals surface area contributed by atoms with Gasteiger partial charge in [0.15, 0.2) is 0 Å². The van der Waals surface area contributed by atoms with Crippen molar-refractivity contribution in [2.24, 2.45) is 0 Å². The first kappa shape index (κ1) is 7.85. The molecule has 0 fully saturated rings. The molecule has 0 aromatic carbocycles. The molecule has 0 radical (unpaired) electrons. The number of nitrogens with zero attached hydrogens (tertiary/aromatic N) is 1. The minimum Gasteiger partial charge on any atom is -0.452 e. The van der Waals surface area contributed by atoms with Gasteiger partial charge in [0.2, 0.25) is 0 Å². The molecule has 0 atom stereocenters. The fourth-order valence-electron chi connectivity index (χ4n) is 0.938. The summed E-state index contributed by atoms with van der Waals surface area (Å²) < 4.78 is 4.55. The minimum atomic E-state index is -0.311. The second-order valence-corrected chi connectivity index (χ2v) is 2.40. The third kappa shape index (κ3) is 1.83. The topological polar surface area (TPSA) is 29.5 Å². The predicted molar refractivity (Wildman–Crippen MR) is 42.0 cm³/mol. The van der Waals surface area contributed by atoms with E-state index in [-0.39, 0.29) is 6.09 Å². The zero-order valence-electron chi connectivity index (χ0n) is 6.70. The molecule has 1 aliphatic rings. The van der Waals surface area contributed by atoms with Gasteiger partial charge in [-0.3, -0.25) is 4.90 Å². The van der Waals surface area contributed by atoms with Gasteiger partial charge in [-0.25, -0.2) is 4.79 Å². The molecule has 60 valence electrons. The summed E-state index contributed by atoms with van der Waals surface area (Å²) in [5.74, 6) is 0. The Bertz CT molecular complexity index is 218. The fraction of sp³-hybridized carbons (Fsp3) is 0.375. The maximum absolute atomic E-state index is 10.9. The van der Waals surface area contributed by atoms with Gasteiger partial charge in [0, 0.05) is 12.7 Å². The Morgan fingerprint density at radius 3 is 3.00 bits per heavy atom. The number of methoxy groups -OCH3 is 1. The van der Waals surface area contributed by atoms with Gasteiger partial charge in [-0.15, -0.1) is 0 Å². The SMILES string of the molecule is COC(=O)N1C=C(C)C=CC1. The number of hydrogen-bond acceptors (Lipinski definition) is 2. The molecule has 1 rings (SSSR count). The van der Waals surface area contributed by atoms with Crippen molar-refractivity contribution >= 4 is 6.09 Å². The van der Waals surface area contributed by atoms with Crippen LogP contribution in [0.2, 0.25) is 0 Å². The first-order valence-corrected chi connectivity index (χ1v) is 3.43. The monoisotopic (exact) mass is 153 g/mol. The molecule has 0 bridgehead atoms. The van der Waals surface area contributed by atoms with Crippen LogP contribution in [0, 0.1) is 0 Å². The summed E-state index contributed by atoms with van der Waals surface area (Å²) in [5.41, 5.74) is 1.06. The first-order chi connectivity index (χ1) is 5.24. The quantitative estimate of drug-likeness (QED) is 0.528. The van der Waals surface area contributed by atoms with E-state index in [1.165, 1.54) is 12.0 Å². The number of carbonyl (C=O) groups is 1. The van der Waals surface area contributed by atoms with Gasteiger partial charge in [-0.2, -0.15) is 0 Å². The number of hydrogen-bond donors (Lipinski definition) is 0. The molecule has 0 aromatic heterocycles. The molecule has 1 heterocycles. The number of amides is 1. The number of allylic oxidation sites excluding steroid dienone is 2. The fourth-order valence-corrected chi connectivity index (χ4v) is 0.938. The molecular weight excluding hydrogens is 142 g/mol. The lowest BCUT2D eigenvalue weighted by atomic mass is 10.2. The second kappa shape index (κ2) is 3.23. The van der Waals surface area contributed by atoms with E-state index < -0.39 is 0 Å². The molecule has 0 saturated carbocycles. The van der Waals surface area contributed by atoms with Crippen molar-refractivity contribution in [3.05, 3.63) is 23.9 Å². The Kier molecular flexibility index (Phi) is 2.31. The van der Waals surface area contributed by atoms with E-state index in [9.17, 15) is 4.79 Å². The highest BCUT2D eigenvalue weighted by Crippen LogP contribution is 2.06. The van der Waals surface area contributed by atoms with Crippen molar-refractivity contribution in [1.82, 2.24) is 4.90 Å². The van der Waals surface area contributed by atoms with E-state index in [0.717, 1.165) is 5.57 Å². The summed E-state index contributed by atoms with van der Waals surface area (Å²) in [5, 5.41) is 0. The Labute approximate surface area is 65.9 Å². The van der Waals surface area contributed by atoms with Gasteiger partial charge in [0.25, 0.3) is 0 Å². The predicted octanol–water partition coefficient (Wildman–Crippen LogP) is 1.53. The van der Waals surface area contributed by atoms with Crippen molar-refractivity contribution in [2.75, 3.05) is 13.7 Å². The van der Waals surface area contributed by atoms with E-state index >= 15 is 0 Å². The maximum Gasteiger partial charge on any atom is 0.413 e. The summed E-state index contributed by atoms with van der Waals surface area (Å²) in [6, 6.07) is 0. The summed E-state index contributed by atoms with van der Waals surface area (Å²) in [6.45, 7) is 2.54.